The molecule has 0 saturated carbocycles. The number of hydrogen-bond donors (Lipinski definition) is 1. The van der Waals surface area contributed by atoms with Crippen molar-refractivity contribution in [3.05, 3.63) is 35.1 Å². The molecule has 0 aromatic heterocycles. The normalized spacial score (nSPS) is 13.7. The molecule has 0 bridgehead atoms. The number of aryl methyl sites for hydroxylation is 1. The molecule has 2 heteroatoms. The van der Waals surface area contributed by atoms with Gasteiger partial charge in [-0.05, 0) is 50.3 Å². The molecule has 0 saturated heterocycles. The van der Waals surface area contributed by atoms with E-state index < -0.39 is 0 Å². The summed E-state index contributed by atoms with van der Waals surface area (Å²) in [6.07, 6.45) is 2.07. The Hall–Kier alpha value is -0.890. The Morgan fingerprint density at radius 2 is 2.00 bits per heavy atom. The lowest BCUT2D eigenvalue weighted by atomic mass is 9.78. The first-order valence-corrected chi connectivity index (χ1v) is 6.87. The molecular formula is C16H26FN. The number of rotatable bonds is 6. The van der Waals surface area contributed by atoms with Crippen LogP contribution in [0.5, 0.6) is 0 Å². The molecule has 0 fully saturated rings. The van der Waals surface area contributed by atoms with Gasteiger partial charge < -0.3 is 5.32 Å². The fourth-order valence-corrected chi connectivity index (χ4v) is 2.50. The standard InChI is InChI=1S/C16H26FN/c1-6-9-18-13(3)11-16(4,5)14-10-12(2)7-8-15(14)17/h7-8,10,13,18H,6,9,11H2,1-5H3. The fourth-order valence-electron chi connectivity index (χ4n) is 2.50. The molecule has 0 amide bonds. The van der Waals surface area contributed by atoms with Crippen LogP contribution >= 0.6 is 0 Å². The van der Waals surface area contributed by atoms with E-state index in [1.807, 2.05) is 19.1 Å². The average Bonchev–Trinajstić information content (AvgIpc) is 2.29. The van der Waals surface area contributed by atoms with Gasteiger partial charge in [0, 0.05) is 6.04 Å². The summed E-state index contributed by atoms with van der Waals surface area (Å²) in [6, 6.07) is 5.78. The highest BCUT2D eigenvalue weighted by Gasteiger charge is 2.26. The zero-order chi connectivity index (χ0) is 13.8. The number of hydrogen-bond acceptors (Lipinski definition) is 1. The van der Waals surface area contributed by atoms with E-state index in [9.17, 15) is 4.39 Å². The van der Waals surface area contributed by atoms with Crippen molar-refractivity contribution in [2.75, 3.05) is 6.54 Å². The number of benzene rings is 1. The van der Waals surface area contributed by atoms with Gasteiger partial charge in [-0.2, -0.15) is 0 Å². The molecule has 0 radical (unpaired) electrons. The molecule has 1 rings (SSSR count). The third-order valence-electron chi connectivity index (χ3n) is 3.41. The highest BCUT2D eigenvalue weighted by Crippen LogP contribution is 2.31. The molecule has 1 aromatic carbocycles. The molecule has 1 atom stereocenters. The maximum atomic E-state index is 13.9. The molecule has 0 heterocycles. The zero-order valence-electron chi connectivity index (χ0n) is 12.3. The van der Waals surface area contributed by atoms with E-state index >= 15 is 0 Å². The Morgan fingerprint density at radius 3 is 2.61 bits per heavy atom. The van der Waals surface area contributed by atoms with Crippen LogP contribution in [-0.4, -0.2) is 12.6 Å². The highest BCUT2D eigenvalue weighted by molar-refractivity contribution is 5.30. The second-order valence-electron chi connectivity index (χ2n) is 5.93. The quantitative estimate of drug-likeness (QED) is 0.799. The van der Waals surface area contributed by atoms with E-state index in [1.54, 1.807) is 6.07 Å². The topological polar surface area (TPSA) is 12.0 Å². The summed E-state index contributed by atoms with van der Waals surface area (Å²) in [6.45, 7) is 11.6. The van der Waals surface area contributed by atoms with E-state index in [-0.39, 0.29) is 11.2 Å². The van der Waals surface area contributed by atoms with Gasteiger partial charge in [-0.1, -0.05) is 38.5 Å². The minimum absolute atomic E-state index is 0.0895. The average molecular weight is 251 g/mol. The summed E-state index contributed by atoms with van der Waals surface area (Å²) in [4.78, 5) is 0. The summed E-state index contributed by atoms with van der Waals surface area (Å²) in [5.74, 6) is -0.0895. The van der Waals surface area contributed by atoms with Crippen LogP contribution in [0.1, 0.15) is 51.7 Å². The van der Waals surface area contributed by atoms with Crippen molar-refractivity contribution in [2.24, 2.45) is 0 Å². The molecular weight excluding hydrogens is 225 g/mol. The van der Waals surface area contributed by atoms with E-state index in [2.05, 4.69) is 33.0 Å². The van der Waals surface area contributed by atoms with Crippen molar-refractivity contribution < 1.29 is 4.39 Å². The van der Waals surface area contributed by atoms with Crippen LogP contribution in [0.2, 0.25) is 0 Å². The Labute approximate surface area is 111 Å². The number of nitrogens with one attached hydrogen (secondary N) is 1. The number of halogens is 1. The van der Waals surface area contributed by atoms with Gasteiger partial charge in [0.15, 0.2) is 0 Å². The largest absolute Gasteiger partial charge is 0.314 e. The summed E-state index contributed by atoms with van der Waals surface area (Å²) in [5, 5.41) is 3.47. The minimum atomic E-state index is -0.143. The van der Waals surface area contributed by atoms with E-state index in [0.29, 0.717) is 6.04 Å². The molecule has 102 valence electrons. The lowest BCUT2D eigenvalue weighted by Gasteiger charge is -2.30. The van der Waals surface area contributed by atoms with E-state index in [4.69, 9.17) is 0 Å². The Morgan fingerprint density at radius 1 is 1.33 bits per heavy atom. The van der Waals surface area contributed by atoms with Gasteiger partial charge in [0.1, 0.15) is 5.82 Å². The van der Waals surface area contributed by atoms with Crippen molar-refractivity contribution >= 4 is 0 Å². The fraction of sp³-hybridized carbons (Fsp3) is 0.625. The van der Waals surface area contributed by atoms with Gasteiger partial charge in [0.2, 0.25) is 0 Å². The molecule has 0 spiro atoms. The second-order valence-corrected chi connectivity index (χ2v) is 5.93. The Kier molecular flexibility index (Phi) is 5.33. The summed E-state index contributed by atoms with van der Waals surface area (Å²) >= 11 is 0. The SMILES string of the molecule is CCCNC(C)CC(C)(C)c1cc(C)ccc1F. The molecule has 1 unspecified atom stereocenters. The third kappa shape index (κ3) is 4.09. The van der Waals surface area contributed by atoms with Crippen molar-refractivity contribution in [1.82, 2.24) is 5.32 Å². The van der Waals surface area contributed by atoms with Crippen LogP contribution in [0.4, 0.5) is 4.39 Å². The van der Waals surface area contributed by atoms with Crippen LogP contribution in [-0.2, 0) is 5.41 Å². The van der Waals surface area contributed by atoms with Gasteiger partial charge in [-0.25, -0.2) is 4.39 Å². The summed E-state index contributed by atoms with van der Waals surface area (Å²) < 4.78 is 13.9. The predicted molar refractivity (Wildman–Crippen MR) is 76.5 cm³/mol. The first-order chi connectivity index (χ1) is 8.36. The maximum Gasteiger partial charge on any atom is 0.126 e. The van der Waals surface area contributed by atoms with Crippen LogP contribution in [0.15, 0.2) is 18.2 Å². The van der Waals surface area contributed by atoms with Gasteiger partial charge in [-0.3, -0.25) is 0 Å². The predicted octanol–water partition coefficient (Wildman–Crippen LogP) is 4.19. The third-order valence-corrected chi connectivity index (χ3v) is 3.41. The molecule has 0 aliphatic rings. The molecule has 18 heavy (non-hydrogen) atoms. The van der Waals surface area contributed by atoms with Crippen LogP contribution in [0.3, 0.4) is 0 Å². The Bertz CT molecular complexity index is 385. The van der Waals surface area contributed by atoms with Gasteiger partial charge in [-0.15, -0.1) is 0 Å². The molecule has 1 nitrogen and oxygen atoms in total. The zero-order valence-corrected chi connectivity index (χ0v) is 12.3. The van der Waals surface area contributed by atoms with Crippen LogP contribution in [0, 0.1) is 12.7 Å². The smallest absolute Gasteiger partial charge is 0.126 e. The lowest BCUT2D eigenvalue weighted by Crippen LogP contribution is -2.34. The molecule has 0 aliphatic heterocycles. The van der Waals surface area contributed by atoms with Crippen LogP contribution < -0.4 is 5.32 Å². The van der Waals surface area contributed by atoms with Crippen molar-refractivity contribution in [1.29, 1.82) is 0 Å². The summed E-state index contributed by atoms with van der Waals surface area (Å²) in [5.41, 5.74) is 1.80. The van der Waals surface area contributed by atoms with E-state index in [0.717, 1.165) is 30.5 Å². The molecule has 0 aliphatic carbocycles. The van der Waals surface area contributed by atoms with Crippen molar-refractivity contribution in [3.8, 4) is 0 Å². The lowest BCUT2D eigenvalue weighted by molar-refractivity contribution is 0.377. The van der Waals surface area contributed by atoms with Crippen LogP contribution in [0.25, 0.3) is 0 Å². The highest BCUT2D eigenvalue weighted by atomic mass is 19.1. The molecule has 1 N–H and O–H groups in total. The minimum Gasteiger partial charge on any atom is -0.314 e. The van der Waals surface area contributed by atoms with E-state index in [1.165, 1.54) is 0 Å². The van der Waals surface area contributed by atoms with Gasteiger partial charge in [0.25, 0.3) is 0 Å². The van der Waals surface area contributed by atoms with Crippen molar-refractivity contribution in [3.63, 3.8) is 0 Å². The van der Waals surface area contributed by atoms with Crippen molar-refractivity contribution in [2.45, 2.75) is 58.9 Å². The monoisotopic (exact) mass is 251 g/mol. The van der Waals surface area contributed by atoms with Gasteiger partial charge in [0.05, 0.1) is 0 Å². The second kappa shape index (κ2) is 6.33. The first kappa shape index (κ1) is 15.2. The maximum absolute atomic E-state index is 13.9. The Balaban J connectivity index is 2.81. The first-order valence-electron chi connectivity index (χ1n) is 6.87. The molecule has 1 aromatic rings. The summed E-state index contributed by atoms with van der Waals surface area (Å²) in [7, 11) is 0. The van der Waals surface area contributed by atoms with Gasteiger partial charge >= 0.3 is 0 Å².